The van der Waals surface area contributed by atoms with Crippen molar-refractivity contribution >= 4 is 28.5 Å². The summed E-state index contributed by atoms with van der Waals surface area (Å²) in [6.07, 6.45) is 3.24. The second-order valence-corrected chi connectivity index (χ2v) is 7.65. The number of aromatic nitrogens is 2. The molecule has 0 bridgehead atoms. The molecule has 128 valence electrons. The van der Waals surface area contributed by atoms with E-state index in [1.165, 1.54) is 6.42 Å². The lowest BCUT2D eigenvalue weighted by Crippen LogP contribution is -2.32. The van der Waals surface area contributed by atoms with E-state index in [-0.39, 0.29) is 11.3 Å². The van der Waals surface area contributed by atoms with Gasteiger partial charge in [0, 0.05) is 36.4 Å². The molecule has 23 heavy (non-hydrogen) atoms. The molecule has 0 aliphatic carbocycles. The van der Waals surface area contributed by atoms with E-state index in [9.17, 15) is 4.79 Å². The summed E-state index contributed by atoms with van der Waals surface area (Å²) in [5, 5.41) is 0.917. The standard InChI is InChI=1S/C14H21N3O4S2/c1-14(2)20-9-10(21-14)8-19-12-15-11(16-23-12)22-13(18)17-6-4-3-5-7-17/h10H,3-9H2,1-2H3. The summed E-state index contributed by atoms with van der Waals surface area (Å²) >= 11 is 2.22. The first-order valence-electron chi connectivity index (χ1n) is 7.77. The number of amides is 1. The van der Waals surface area contributed by atoms with Crippen LogP contribution in [0.15, 0.2) is 5.16 Å². The van der Waals surface area contributed by atoms with Gasteiger partial charge in [0.05, 0.1) is 6.61 Å². The fourth-order valence-electron chi connectivity index (χ4n) is 2.53. The van der Waals surface area contributed by atoms with Crippen LogP contribution in [-0.2, 0) is 9.47 Å². The molecule has 3 heterocycles. The molecule has 0 radical (unpaired) electrons. The smallest absolute Gasteiger partial charge is 0.294 e. The van der Waals surface area contributed by atoms with E-state index >= 15 is 0 Å². The lowest BCUT2D eigenvalue weighted by molar-refractivity contribution is -0.141. The normalized spacial score (nSPS) is 23.9. The molecule has 2 saturated heterocycles. The summed E-state index contributed by atoms with van der Waals surface area (Å²) in [5.74, 6) is -0.559. The van der Waals surface area contributed by atoms with Gasteiger partial charge in [0.1, 0.15) is 12.7 Å². The van der Waals surface area contributed by atoms with Crippen molar-refractivity contribution in [1.82, 2.24) is 14.3 Å². The Morgan fingerprint density at radius 2 is 2.22 bits per heavy atom. The Balaban J connectivity index is 1.45. The van der Waals surface area contributed by atoms with Gasteiger partial charge in [-0.1, -0.05) is 0 Å². The van der Waals surface area contributed by atoms with E-state index in [2.05, 4.69) is 9.36 Å². The first-order valence-corrected chi connectivity index (χ1v) is 9.36. The number of carbonyl (C=O) groups excluding carboxylic acids is 1. The largest absolute Gasteiger partial charge is 0.466 e. The van der Waals surface area contributed by atoms with E-state index in [0.29, 0.717) is 23.6 Å². The molecule has 1 aromatic heterocycles. The van der Waals surface area contributed by atoms with Gasteiger partial charge in [0.15, 0.2) is 5.79 Å². The molecule has 0 saturated carbocycles. The zero-order chi connectivity index (χ0) is 16.3. The number of nitrogens with zero attached hydrogens (tertiary/aromatic N) is 3. The third kappa shape index (κ3) is 4.79. The summed E-state index contributed by atoms with van der Waals surface area (Å²) in [6, 6.07) is 0. The van der Waals surface area contributed by atoms with E-state index < -0.39 is 5.79 Å². The Morgan fingerprint density at radius 1 is 1.43 bits per heavy atom. The maximum absolute atomic E-state index is 12.2. The van der Waals surface area contributed by atoms with Crippen molar-refractivity contribution in [1.29, 1.82) is 0 Å². The Hall–Kier alpha value is -0.900. The molecule has 9 heteroatoms. The Morgan fingerprint density at radius 3 is 2.91 bits per heavy atom. The lowest BCUT2D eigenvalue weighted by atomic mass is 10.1. The third-order valence-corrected chi connectivity index (χ3v) is 5.18. The molecular weight excluding hydrogens is 338 g/mol. The highest BCUT2D eigenvalue weighted by Gasteiger charge is 2.33. The van der Waals surface area contributed by atoms with Crippen molar-refractivity contribution in [3.05, 3.63) is 0 Å². The summed E-state index contributed by atoms with van der Waals surface area (Å²) in [7, 11) is 0. The number of carbonyl (C=O) groups is 1. The van der Waals surface area contributed by atoms with Gasteiger partial charge in [0.25, 0.3) is 10.4 Å². The molecule has 2 aliphatic rings. The summed E-state index contributed by atoms with van der Waals surface area (Å²) in [6.45, 7) is 6.27. The topological polar surface area (TPSA) is 73.8 Å². The van der Waals surface area contributed by atoms with Gasteiger partial charge < -0.3 is 19.1 Å². The number of rotatable bonds is 4. The summed E-state index contributed by atoms with van der Waals surface area (Å²) in [5.41, 5.74) is 0. The summed E-state index contributed by atoms with van der Waals surface area (Å²) < 4.78 is 20.9. The van der Waals surface area contributed by atoms with Crippen molar-refractivity contribution in [2.24, 2.45) is 0 Å². The number of ether oxygens (including phenoxy) is 3. The van der Waals surface area contributed by atoms with Crippen molar-refractivity contribution in [2.45, 2.75) is 50.2 Å². The van der Waals surface area contributed by atoms with Crippen molar-refractivity contribution < 1.29 is 19.0 Å². The second-order valence-electron chi connectivity index (χ2n) is 6.02. The molecule has 3 rings (SSSR count). The van der Waals surface area contributed by atoms with Gasteiger partial charge >= 0.3 is 0 Å². The molecule has 1 aromatic rings. The Bertz CT molecular complexity index is 546. The number of hydrogen-bond donors (Lipinski definition) is 0. The van der Waals surface area contributed by atoms with Crippen LogP contribution in [0, 0.1) is 0 Å². The van der Waals surface area contributed by atoms with Crippen LogP contribution in [0.5, 0.6) is 5.19 Å². The highest BCUT2D eigenvalue weighted by molar-refractivity contribution is 8.13. The number of hydrogen-bond acceptors (Lipinski definition) is 8. The van der Waals surface area contributed by atoms with Crippen LogP contribution >= 0.6 is 23.3 Å². The maximum atomic E-state index is 12.2. The van der Waals surface area contributed by atoms with Gasteiger partial charge in [0.2, 0.25) is 5.16 Å². The number of piperidine rings is 1. The van der Waals surface area contributed by atoms with Crippen LogP contribution in [0.1, 0.15) is 33.1 Å². The first kappa shape index (κ1) is 16.9. The number of thioether (sulfide) groups is 1. The van der Waals surface area contributed by atoms with E-state index in [4.69, 9.17) is 14.2 Å². The van der Waals surface area contributed by atoms with Gasteiger partial charge in [-0.15, -0.1) is 0 Å². The van der Waals surface area contributed by atoms with Gasteiger partial charge in [-0.2, -0.15) is 9.36 Å². The highest BCUT2D eigenvalue weighted by Crippen LogP contribution is 2.27. The molecule has 7 nitrogen and oxygen atoms in total. The quantitative estimate of drug-likeness (QED) is 0.765. The fourth-order valence-corrected chi connectivity index (χ4v) is 3.89. The minimum atomic E-state index is -0.559. The van der Waals surface area contributed by atoms with Gasteiger partial charge in [-0.25, -0.2) is 0 Å². The van der Waals surface area contributed by atoms with Crippen LogP contribution < -0.4 is 4.74 Å². The zero-order valence-corrected chi connectivity index (χ0v) is 15.0. The predicted molar refractivity (Wildman–Crippen MR) is 87.0 cm³/mol. The second kappa shape index (κ2) is 7.33. The molecule has 0 N–H and O–H groups in total. The highest BCUT2D eigenvalue weighted by atomic mass is 32.2. The van der Waals surface area contributed by atoms with E-state index in [1.54, 1.807) is 0 Å². The van der Waals surface area contributed by atoms with Gasteiger partial charge in [-0.3, -0.25) is 4.79 Å². The number of likely N-dealkylation sites (tertiary alicyclic amines) is 1. The van der Waals surface area contributed by atoms with Crippen LogP contribution in [0.25, 0.3) is 0 Å². The molecule has 2 aliphatic heterocycles. The molecular formula is C14H21N3O4S2. The predicted octanol–water partition coefficient (Wildman–Crippen LogP) is 2.77. The monoisotopic (exact) mass is 359 g/mol. The fraction of sp³-hybridized carbons (Fsp3) is 0.786. The van der Waals surface area contributed by atoms with Gasteiger partial charge in [-0.05, 0) is 33.1 Å². The third-order valence-electron chi connectivity index (χ3n) is 3.64. The maximum Gasteiger partial charge on any atom is 0.294 e. The van der Waals surface area contributed by atoms with E-state index in [0.717, 1.165) is 49.2 Å². The van der Waals surface area contributed by atoms with Crippen LogP contribution in [-0.4, -0.2) is 57.7 Å². The summed E-state index contributed by atoms with van der Waals surface area (Å²) in [4.78, 5) is 18.3. The Labute approximate surface area is 143 Å². The SMILES string of the molecule is CC1(C)OCC(COc2nc(SC(=O)N3CCCCC3)ns2)O1. The molecule has 2 fully saturated rings. The minimum absolute atomic E-state index is 0.0170. The first-order chi connectivity index (χ1) is 11.0. The molecule has 1 unspecified atom stereocenters. The zero-order valence-electron chi connectivity index (χ0n) is 13.3. The molecule has 0 spiro atoms. The molecule has 1 amide bonds. The minimum Gasteiger partial charge on any atom is -0.466 e. The van der Waals surface area contributed by atoms with Crippen LogP contribution in [0.2, 0.25) is 0 Å². The van der Waals surface area contributed by atoms with Crippen LogP contribution in [0.4, 0.5) is 4.79 Å². The van der Waals surface area contributed by atoms with E-state index in [1.807, 2.05) is 18.7 Å². The van der Waals surface area contributed by atoms with Crippen molar-refractivity contribution in [2.75, 3.05) is 26.3 Å². The Kier molecular flexibility index (Phi) is 5.40. The average Bonchev–Trinajstić information content (AvgIpc) is 3.12. The van der Waals surface area contributed by atoms with Crippen molar-refractivity contribution in [3.63, 3.8) is 0 Å². The lowest BCUT2D eigenvalue weighted by Gasteiger charge is -2.25. The molecule has 1 atom stereocenters. The van der Waals surface area contributed by atoms with Crippen LogP contribution in [0.3, 0.4) is 0 Å². The average molecular weight is 359 g/mol. The van der Waals surface area contributed by atoms with Crippen molar-refractivity contribution in [3.8, 4) is 5.19 Å². The molecule has 0 aromatic carbocycles.